The molecule has 0 bridgehead atoms. The fourth-order valence-electron chi connectivity index (χ4n) is 4.94. The highest BCUT2D eigenvalue weighted by Crippen LogP contribution is 2.69. The summed E-state index contributed by atoms with van der Waals surface area (Å²) in [6.07, 6.45) is 6.99. The van der Waals surface area contributed by atoms with Gasteiger partial charge in [-0.2, -0.15) is 0 Å². The molecule has 0 saturated heterocycles. The topological polar surface area (TPSA) is 105 Å². The number of rotatable bonds is 4. The second-order valence-corrected chi connectivity index (χ2v) is 10.3. The Bertz CT molecular complexity index is 1150. The lowest BCUT2D eigenvalue weighted by atomic mass is 9.91. The lowest BCUT2D eigenvalue weighted by Gasteiger charge is -2.19. The summed E-state index contributed by atoms with van der Waals surface area (Å²) < 4.78 is 29.9. The number of aromatic amines is 1. The molecule has 9 heteroatoms. The van der Waals surface area contributed by atoms with Crippen LogP contribution in [-0.2, 0) is 10.0 Å². The molecule has 4 atom stereocenters. The number of H-pyrrole nitrogens is 1. The standard InChI is InChI=1S/C17H20N6O2S/c1-17-7-11(17)12(22-26(24,25)9-2-3-9)6-10(17)16-21-20-14-8-19-15-13(23(14)16)4-5-18-15/h4-5,8-12,18,22H,2-3,6-7H2,1H3/t10-,11?,12-,17+/m1/s1. The summed E-state index contributed by atoms with van der Waals surface area (Å²) in [6.45, 7) is 2.25. The minimum Gasteiger partial charge on any atom is -0.345 e. The van der Waals surface area contributed by atoms with Gasteiger partial charge in [-0.15, -0.1) is 10.2 Å². The molecule has 136 valence electrons. The van der Waals surface area contributed by atoms with Crippen LogP contribution in [-0.4, -0.2) is 44.3 Å². The van der Waals surface area contributed by atoms with Crippen LogP contribution in [0.3, 0.4) is 0 Å². The molecule has 26 heavy (non-hydrogen) atoms. The molecule has 1 unspecified atom stereocenters. The summed E-state index contributed by atoms with van der Waals surface area (Å²) in [6, 6.07) is 1.99. The lowest BCUT2D eigenvalue weighted by molar-refractivity contribution is 0.438. The molecule has 0 amide bonds. The first-order valence-corrected chi connectivity index (χ1v) is 10.7. The van der Waals surface area contributed by atoms with Crippen LogP contribution in [0.25, 0.3) is 16.8 Å². The molecular formula is C17H20N6O2S. The maximum atomic E-state index is 12.4. The zero-order valence-electron chi connectivity index (χ0n) is 14.4. The van der Waals surface area contributed by atoms with E-state index in [1.807, 2.05) is 12.3 Å². The van der Waals surface area contributed by atoms with Gasteiger partial charge < -0.3 is 4.98 Å². The normalized spacial score (nSPS) is 33.8. The Balaban J connectivity index is 1.41. The van der Waals surface area contributed by atoms with Crippen LogP contribution < -0.4 is 4.72 Å². The van der Waals surface area contributed by atoms with E-state index in [0.29, 0.717) is 5.92 Å². The van der Waals surface area contributed by atoms with Crippen molar-refractivity contribution in [2.45, 2.75) is 49.8 Å². The highest BCUT2D eigenvalue weighted by Gasteiger charge is 2.66. The third-order valence-electron chi connectivity index (χ3n) is 6.68. The fourth-order valence-corrected chi connectivity index (χ4v) is 6.58. The minimum absolute atomic E-state index is 0.00602. The van der Waals surface area contributed by atoms with Crippen LogP contribution in [0.5, 0.6) is 0 Å². The fraction of sp³-hybridized carbons (Fsp3) is 0.588. The van der Waals surface area contributed by atoms with Gasteiger partial charge in [-0.05, 0) is 43.1 Å². The Morgan fingerprint density at radius 3 is 3.00 bits per heavy atom. The molecule has 0 aromatic carbocycles. The third-order valence-corrected chi connectivity index (χ3v) is 8.66. The van der Waals surface area contributed by atoms with Crippen LogP contribution in [0, 0.1) is 11.3 Å². The van der Waals surface area contributed by atoms with E-state index >= 15 is 0 Å². The largest absolute Gasteiger partial charge is 0.345 e. The van der Waals surface area contributed by atoms with Crippen molar-refractivity contribution in [2.75, 3.05) is 0 Å². The van der Waals surface area contributed by atoms with Crippen molar-refractivity contribution in [1.29, 1.82) is 0 Å². The summed E-state index contributed by atoms with van der Waals surface area (Å²) in [5, 5.41) is 8.63. The van der Waals surface area contributed by atoms with Crippen LogP contribution in [0.2, 0.25) is 0 Å². The highest BCUT2D eigenvalue weighted by molar-refractivity contribution is 7.90. The van der Waals surface area contributed by atoms with Crippen molar-refractivity contribution in [1.82, 2.24) is 29.3 Å². The van der Waals surface area contributed by atoms with Gasteiger partial charge in [-0.1, -0.05) is 6.92 Å². The van der Waals surface area contributed by atoms with Gasteiger partial charge in [0.15, 0.2) is 11.3 Å². The second-order valence-electron chi connectivity index (χ2n) is 8.29. The van der Waals surface area contributed by atoms with Gasteiger partial charge in [0.25, 0.3) is 0 Å². The number of hydrogen-bond donors (Lipinski definition) is 2. The van der Waals surface area contributed by atoms with Gasteiger partial charge in [0.1, 0.15) is 5.82 Å². The molecular weight excluding hydrogens is 352 g/mol. The van der Waals surface area contributed by atoms with Crippen LogP contribution in [0.1, 0.15) is 44.3 Å². The molecule has 3 aromatic rings. The summed E-state index contributed by atoms with van der Waals surface area (Å²) in [5.41, 5.74) is 2.59. The maximum Gasteiger partial charge on any atom is 0.214 e. The second kappa shape index (κ2) is 4.64. The smallest absolute Gasteiger partial charge is 0.214 e. The number of sulfonamides is 1. The van der Waals surface area contributed by atoms with Crippen molar-refractivity contribution < 1.29 is 8.42 Å². The predicted molar refractivity (Wildman–Crippen MR) is 95.1 cm³/mol. The average Bonchev–Trinajstić information content (AvgIpc) is 3.43. The van der Waals surface area contributed by atoms with Crippen LogP contribution >= 0.6 is 0 Å². The van der Waals surface area contributed by atoms with E-state index in [4.69, 9.17) is 0 Å². The number of nitrogens with one attached hydrogen (secondary N) is 2. The van der Waals surface area contributed by atoms with Crippen molar-refractivity contribution >= 4 is 26.8 Å². The van der Waals surface area contributed by atoms with Crippen LogP contribution in [0.15, 0.2) is 18.5 Å². The third kappa shape index (κ3) is 1.92. The predicted octanol–water partition coefficient (Wildman–Crippen LogP) is 1.57. The summed E-state index contributed by atoms with van der Waals surface area (Å²) in [5.74, 6) is 1.50. The molecule has 3 aliphatic rings. The van der Waals surface area contributed by atoms with Gasteiger partial charge in [-0.3, -0.25) is 4.40 Å². The number of hydrogen-bond acceptors (Lipinski definition) is 5. The molecule has 3 saturated carbocycles. The first-order valence-electron chi connectivity index (χ1n) is 9.16. The van der Waals surface area contributed by atoms with E-state index in [-0.39, 0.29) is 22.6 Å². The van der Waals surface area contributed by atoms with Gasteiger partial charge >= 0.3 is 0 Å². The van der Waals surface area contributed by atoms with Gasteiger partial charge in [-0.25, -0.2) is 18.1 Å². The first kappa shape index (κ1) is 15.1. The molecule has 0 aliphatic heterocycles. The van der Waals surface area contributed by atoms with Crippen molar-refractivity contribution in [2.24, 2.45) is 11.3 Å². The first-order chi connectivity index (χ1) is 12.5. The zero-order chi connectivity index (χ0) is 17.7. The Labute approximate surface area is 150 Å². The van der Waals surface area contributed by atoms with E-state index in [9.17, 15) is 8.42 Å². The Kier molecular flexibility index (Phi) is 2.69. The van der Waals surface area contributed by atoms with E-state index in [2.05, 4.69) is 36.2 Å². The molecule has 0 spiro atoms. The van der Waals surface area contributed by atoms with E-state index in [1.165, 1.54) is 0 Å². The summed E-state index contributed by atoms with van der Waals surface area (Å²) >= 11 is 0. The molecule has 3 fully saturated rings. The molecule has 0 radical (unpaired) electrons. The molecule has 3 heterocycles. The Morgan fingerprint density at radius 2 is 2.19 bits per heavy atom. The maximum absolute atomic E-state index is 12.4. The molecule has 6 rings (SSSR count). The van der Waals surface area contributed by atoms with E-state index in [1.54, 1.807) is 6.20 Å². The van der Waals surface area contributed by atoms with E-state index < -0.39 is 10.0 Å². The minimum atomic E-state index is -3.17. The molecule has 2 N–H and O–H groups in total. The average molecular weight is 372 g/mol. The summed E-state index contributed by atoms with van der Waals surface area (Å²) in [4.78, 5) is 7.51. The molecule has 3 aromatic heterocycles. The molecule has 8 nitrogen and oxygen atoms in total. The summed E-state index contributed by atoms with van der Waals surface area (Å²) in [7, 11) is -3.17. The van der Waals surface area contributed by atoms with Gasteiger partial charge in [0.05, 0.1) is 17.0 Å². The quantitative estimate of drug-likeness (QED) is 0.723. The van der Waals surface area contributed by atoms with Gasteiger partial charge in [0, 0.05) is 18.2 Å². The highest BCUT2D eigenvalue weighted by atomic mass is 32.2. The van der Waals surface area contributed by atoms with Crippen molar-refractivity contribution in [3.63, 3.8) is 0 Å². The Hall–Kier alpha value is -2.00. The number of aromatic nitrogens is 5. The van der Waals surface area contributed by atoms with Crippen LogP contribution in [0.4, 0.5) is 0 Å². The monoisotopic (exact) mass is 372 g/mol. The SMILES string of the molecule is C[C@@]12CC1[C@H](NS(=O)(=O)C1CC1)C[C@@H]2c1nnc2cnc3[nH]ccc3n12. The number of fused-ring (bicyclic) bond motifs is 4. The zero-order valence-corrected chi connectivity index (χ0v) is 15.2. The molecule has 3 aliphatic carbocycles. The van der Waals surface area contributed by atoms with Crippen molar-refractivity contribution in [3.8, 4) is 0 Å². The van der Waals surface area contributed by atoms with Crippen molar-refractivity contribution in [3.05, 3.63) is 24.3 Å². The van der Waals surface area contributed by atoms with Gasteiger partial charge in [0.2, 0.25) is 10.0 Å². The van der Waals surface area contributed by atoms with E-state index in [0.717, 1.165) is 48.3 Å². The Morgan fingerprint density at radius 1 is 1.35 bits per heavy atom. The number of nitrogens with zero attached hydrogens (tertiary/aromatic N) is 4. The lowest BCUT2D eigenvalue weighted by Crippen LogP contribution is -2.37.